The van der Waals surface area contributed by atoms with E-state index >= 15 is 0 Å². The first-order chi connectivity index (χ1) is 7.65. The van der Waals surface area contributed by atoms with Gasteiger partial charge in [-0.05, 0) is 31.7 Å². The van der Waals surface area contributed by atoms with Crippen molar-refractivity contribution in [1.29, 1.82) is 0 Å². The number of rotatable bonds is 3. The summed E-state index contributed by atoms with van der Waals surface area (Å²) < 4.78 is 0. The van der Waals surface area contributed by atoms with Crippen LogP contribution in [0.5, 0.6) is 0 Å². The summed E-state index contributed by atoms with van der Waals surface area (Å²) in [6.45, 7) is 6.50. The Morgan fingerprint density at radius 2 is 1.88 bits per heavy atom. The van der Waals surface area contributed by atoms with Gasteiger partial charge in [-0.25, -0.2) is 0 Å². The lowest BCUT2D eigenvalue weighted by Crippen LogP contribution is -2.00. The molecular weight excluding hydrogens is 198 g/mol. The van der Waals surface area contributed by atoms with E-state index in [0.717, 1.165) is 12.1 Å². The van der Waals surface area contributed by atoms with Crippen molar-refractivity contribution >= 4 is 0 Å². The van der Waals surface area contributed by atoms with Crippen molar-refractivity contribution in [3.63, 3.8) is 0 Å². The Kier molecular flexibility index (Phi) is 3.04. The number of nitrogens with one attached hydrogen (secondary N) is 1. The minimum absolute atomic E-state index is 0.476. The first kappa shape index (κ1) is 10.9. The molecule has 16 heavy (non-hydrogen) atoms. The van der Waals surface area contributed by atoms with Gasteiger partial charge in [0, 0.05) is 0 Å². The van der Waals surface area contributed by atoms with E-state index < -0.39 is 0 Å². The summed E-state index contributed by atoms with van der Waals surface area (Å²) in [5.41, 5.74) is 5.04. The van der Waals surface area contributed by atoms with Crippen molar-refractivity contribution in [3.05, 3.63) is 46.8 Å². The maximum Gasteiger partial charge on any atom is 0.0830 e. The number of aromatic nitrogens is 3. The molecule has 1 aromatic carbocycles. The highest BCUT2D eigenvalue weighted by Crippen LogP contribution is 2.21. The molecule has 0 bridgehead atoms. The molecule has 0 radical (unpaired) electrons. The van der Waals surface area contributed by atoms with Gasteiger partial charge in [-0.15, -0.1) is 0 Å². The predicted octanol–water partition coefficient (Wildman–Crippen LogP) is 2.77. The second-order valence-electron chi connectivity index (χ2n) is 4.49. The Morgan fingerprint density at radius 3 is 2.44 bits per heavy atom. The minimum atomic E-state index is 0.476. The molecule has 0 aliphatic rings. The normalized spacial score (nSPS) is 12.7. The van der Waals surface area contributed by atoms with Crippen LogP contribution in [0.25, 0.3) is 0 Å². The molecule has 1 heterocycles. The van der Waals surface area contributed by atoms with E-state index in [-0.39, 0.29) is 0 Å². The summed E-state index contributed by atoms with van der Waals surface area (Å²) in [5.74, 6) is 0.476. The number of aryl methyl sites for hydroxylation is 2. The van der Waals surface area contributed by atoms with Gasteiger partial charge < -0.3 is 0 Å². The lowest BCUT2D eigenvalue weighted by Gasteiger charge is -2.12. The minimum Gasteiger partial charge on any atom is -0.198 e. The van der Waals surface area contributed by atoms with Crippen LogP contribution in [0.2, 0.25) is 0 Å². The first-order valence-corrected chi connectivity index (χ1v) is 5.58. The van der Waals surface area contributed by atoms with E-state index in [0.29, 0.717) is 5.92 Å². The molecule has 2 rings (SSSR count). The molecule has 0 fully saturated rings. The molecule has 1 N–H and O–H groups in total. The fourth-order valence-electron chi connectivity index (χ4n) is 2.05. The number of hydrogen-bond donors (Lipinski definition) is 1. The van der Waals surface area contributed by atoms with Crippen LogP contribution in [0.4, 0.5) is 0 Å². The van der Waals surface area contributed by atoms with E-state index in [4.69, 9.17) is 0 Å². The summed E-state index contributed by atoms with van der Waals surface area (Å²) in [5, 5.41) is 10.6. The van der Waals surface area contributed by atoms with Crippen molar-refractivity contribution in [2.24, 2.45) is 0 Å². The van der Waals surface area contributed by atoms with E-state index in [2.05, 4.69) is 54.4 Å². The Bertz CT molecular complexity index is 440. The number of nitrogens with zero attached hydrogens (tertiary/aromatic N) is 2. The number of aromatic amines is 1. The third-order valence-electron chi connectivity index (χ3n) is 2.79. The van der Waals surface area contributed by atoms with Crippen LogP contribution in [-0.4, -0.2) is 15.4 Å². The second kappa shape index (κ2) is 4.47. The third-order valence-corrected chi connectivity index (χ3v) is 2.79. The van der Waals surface area contributed by atoms with Crippen LogP contribution in [0.3, 0.4) is 0 Å². The average Bonchev–Trinajstić information content (AvgIpc) is 2.68. The van der Waals surface area contributed by atoms with Crippen molar-refractivity contribution in [2.75, 3.05) is 0 Å². The van der Waals surface area contributed by atoms with E-state index in [1.54, 1.807) is 6.20 Å². The Labute approximate surface area is 95.9 Å². The summed E-state index contributed by atoms with van der Waals surface area (Å²) in [7, 11) is 0. The molecule has 84 valence electrons. The molecule has 1 atom stereocenters. The van der Waals surface area contributed by atoms with Gasteiger partial charge in [-0.1, -0.05) is 36.2 Å². The summed E-state index contributed by atoms with van der Waals surface area (Å²) in [6, 6.07) is 6.70. The summed E-state index contributed by atoms with van der Waals surface area (Å²) in [6.07, 6.45) is 2.72. The number of H-pyrrole nitrogens is 1. The molecule has 0 amide bonds. The SMILES string of the molecule is Cc1cc(C)cc(C(C)Cc2cn[nH]n2)c1. The van der Waals surface area contributed by atoms with Crippen molar-refractivity contribution in [2.45, 2.75) is 33.1 Å². The molecule has 0 spiro atoms. The van der Waals surface area contributed by atoms with Gasteiger partial charge in [-0.3, -0.25) is 0 Å². The van der Waals surface area contributed by atoms with E-state index in [1.807, 2.05) is 0 Å². The van der Waals surface area contributed by atoms with Gasteiger partial charge in [0.05, 0.1) is 11.9 Å². The number of benzene rings is 1. The van der Waals surface area contributed by atoms with Gasteiger partial charge in [-0.2, -0.15) is 15.4 Å². The quantitative estimate of drug-likeness (QED) is 0.855. The molecule has 2 aromatic rings. The van der Waals surface area contributed by atoms with Crippen LogP contribution in [0.15, 0.2) is 24.4 Å². The van der Waals surface area contributed by atoms with Gasteiger partial charge in [0.2, 0.25) is 0 Å². The molecule has 1 unspecified atom stereocenters. The van der Waals surface area contributed by atoms with Crippen LogP contribution < -0.4 is 0 Å². The molecular formula is C13H17N3. The Hall–Kier alpha value is -1.64. The molecule has 0 saturated heterocycles. The zero-order chi connectivity index (χ0) is 11.5. The maximum atomic E-state index is 4.09. The monoisotopic (exact) mass is 215 g/mol. The Balaban J connectivity index is 2.17. The standard InChI is InChI=1S/C13H17N3/c1-9-4-10(2)6-12(5-9)11(3)7-13-8-14-16-15-13/h4-6,8,11H,7H2,1-3H3,(H,14,15,16). The van der Waals surface area contributed by atoms with Crippen LogP contribution in [0.1, 0.15) is 35.2 Å². The van der Waals surface area contributed by atoms with Gasteiger partial charge in [0.1, 0.15) is 0 Å². The van der Waals surface area contributed by atoms with Gasteiger partial charge in [0.25, 0.3) is 0 Å². The molecule has 1 aromatic heterocycles. The van der Waals surface area contributed by atoms with Crippen LogP contribution >= 0.6 is 0 Å². The zero-order valence-corrected chi connectivity index (χ0v) is 9.99. The van der Waals surface area contributed by atoms with Gasteiger partial charge >= 0.3 is 0 Å². The van der Waals surface area contributed by atoms with Crippen LogP contribution in [-0.2, 0) is 6.42 Å². The summed E-state index contributed by atoms with van der Waals surface area (Å²) >= 11 is 0. The first-order valence-electron chi connectivity index (χ1n) is 5.58. The molecule has 0 aliphatic carbocycles. The molecule has 3 nitrogen and oxygen atoms in total. The van der Waals surface area contributed by atoms with Crippen molar-refractivity contribution in [1.82, 2.24) is 15.4 Å². The molecule has 0 aliphatic heterocycles. The highest BCUT2D eigenvalue weighted by Gasteiger charge is 2.09. The van der Waals surface area contributed by atoms with E-state index in [9.17, 15) is 0 Å². The second-order valence-corrected chi connectivity index (χ2v) is 4.49. The lowest BCUT2D eigenvalue weighted by molar-refractivity contribution is 0.734. The largest absolute Gasteiger partial charge is 0.198 e. The van der Waals surface area contributed by atoms with Crippen molar-refractivity contribution < 1.29 is 0 Å². The van der Waals surface area contributed by atoms with Crippen molar-refractivity contribution in [3.8, 4) is 0 Å². The molecule has 0 saturated carbocycles. The topological polar surface area (TPSA) is 41.6 Å². The Morgan fingerprint density at radius 1 is 1.19 bits per heavy atom. The van der Waals surface area contributed by atoms with Gasteiger partial charge in [0.15, 0.2) is 0 Å². The third kappa shape index (κ3) is 2.48. The predicted molar refractivity (Wildman–Crippen MR) is 64.4 cm³/mol. The highest BCUT2D eigenvalue weighted by molar-refractivity contribution is 5.31. The van der Waals surface area contributed by atoms with Crippen LogP contribution in [0, 0.1) is 13.8 Å². The fraction of sp³-hybridized carbons (Fsp3) is 0.385. The molecule has 3 heteroatoms. The maximum absolute atomic E-state index is 4.09. The fourth-order valence-corrected chi connectivity index (χ4v) is 2.05. The average molecular weight is 215 g/mol. The smallest absolute Gasteiger partial charge is 0.0830 e. The lowest BCUT2D eigenvalue weighted by atomic mass is 9.93. The number of hydrogen-bond acceptors (Lipinski definition) is 2. The zero-order valence-electron chi connectivity index (χ0n) is 9.99. The highest BCUT2D eigenvalue weighted by atomic mass is 15.3. The summed E-state index contributed by atoms with van der Waals surface area (Å²) in [4.78, 5) is 0. The van der Waals surface area contributed by atoms with E-state index in [1.165, 1.54) is 16.7 Å².